The maximum absolute atomic E-state index is 13.7. The van der Waals surface area contributed by atoms with E-state index in [-0.39, 0.29) is 17.6 Å². The van der Waals surface area contributed by atoms with Gasteiger partial charge in [-0.3, -0.25) is 9.78 Å². The first kappa shape index (κ1) is 25.7. The zero-order chi connectivity index (χ0) is 26.7. The number of amides is 1. The van der Waals surface area contributed by atoms with E-state index in [2.05, 4.69) is 21.9 Å². The standard InChI is InChI=1S/C30H27F3N2O3/c1-20-25(22-10-12-24(13-11-22)38-30(31,32)33)6-3-7-26(20)29(36)35-15-16-37-19-21(18-35)17-23-5-2-9-28-27(23)8-4-14-34-28/h2-14,21H,15-19H2,1H3/t21-/m1/s1. The molecule has 1 amide bonds. The van der Waals surface area contributed by atoms with E-state index in [0.29, 0.717) is 37.4 Å². The average molecular weight is 521 g/mol. The highest BCUT2D eigenvalue weighted by Crippen LogP contribution is 2.30. The van der Waals surface area contributed by atoms with E-state index in [1.165, 1.54) is 17.7 Å². The maximum atomic E-state index is 13.7. The minimum atomic E-state index is -4.75. The molecule has 0 saturated carbocycles. The number of hydrogen-bond donors (Lipinski definition) is 0. The van der Waals surface area contributed by atoms with Crippen LogP contribution in [-0.2, 0) is 11.2 Å². The van der Waals surface area contributed by atoms with Crippen LogP contribution in [0, 0.1) is 12.8 Å². The number of carbonyl (C=O) groups is 1. The van der Waals surface area contributed by atoms with Crippen LogP contribution in [0.15, 0.2) is 79.0 Å². The van der Waals surface area contributed by atoms with Gasteiger partial charge < -0.3 is 14.4 Å². The van der Waals surface area contributed by atoms with Crippen LogP contribution in [0.25, 0.3) is 22.0 Å². The van der Waals surface area contributed by atoms with E-state index >= 15 is 0 Å². The average Bonchev–Trinajstić information content (AvgIpc) is 3.14. The van der Waals surface area contributed by atoms with Gasteiger partial charge in [0.2, 0.25) is 0 Å². The number of hydrogen-bond acceptors (Lipinski definition) is 4. The van der Waals surface area contributed by atoms with Crippen molar-refractivity contribution in [2.24, 2.45) is 5.92 Å². The number of benzene rings is 3. The summed E-state index contributed by atoms with van der Waals surface area (Å²) in [5.41, 5.74) is 4.93. The largest absolute Gasteiger partial charge is 0.573 e. The van der Waals surface area contributed by atoms with Crippen LogP contribution in [0.4, 0.5) is 13.2 Å². The van der Waals surface area contributed by atoms with Crippen LogP contribution < -0.4 is 4.74 Å². The van der Waals surface area contributed by atoms with Crippen molar-refractivity contribution in [2.75, 3.05) is 26.3 Å². The van der Waals surface area contributed by atoms with Gasteiger partial charge in [-0.2, -0.15) is 0 Å². The Kier molecular flexibility index (Phi) is 7.33. The normalized spacial score (nSPS) is 16.3. The Morgan fingerprint density at radius 2 is 1.84 bits per heavy atom. The predicted octanol–water partition coefficient (Wildman–Crippen LogP) is 6.44. The van der Waals surface area contributed by atoms with Crippen LogP contribution in [0.3, 0.4) is 0 Å². The van der Waals surface area contributed by atoms with Gasteiger partial charge in [0, 0.05) is 36.2 Å². The number of ether oxygens (including phenoxy) is 2. The first-order valence-electron chi connectivity index (χ1n) is 12.4. The molecule has 3 aromatic carbocycles. The van der Waals surface area contributed by atoms with Crippen LogP contribution >= 0.6 is 0 Å². The number of nitrogens with zero attached hydrogens (tertiary/aromatic N) is 2. The van der Waals surface area contributed by atoms with E-state index in [1.807, 2.05) is 36.1 Å². The van der Waals surface area contributed by atoms with Crippen molar-refractivity contribution in [3.05, 3.63) is 95.7 Å². The summed E-state index contributed by atoms with van der Waals surface area (Å²) in [5.74, 6) is -0.253. The minimum Gasteiger partial charge on any atom is -0.406 e. The van der Waals surface area contributed by atoms with Crippen LogP contribution in [0.2, 0.25) is 0 Å². The summed E-state index contributed by atoms with van der Waals surface area (Å²) < 4.78 is 47.4. The van der Waals surface area contributed by atoms with Crippen molar-refractivity contribution in [3.8, 4) is 16.9 Å². The summed E-state index contributed by atoms with van der Waals surface area (Å²) in [7, 11) is 0. The number of fused-ring (bicyclic) bond motifs is 1. The summed E-state index contributed by atoms with van der Waals surface area (Å²) in [4.78, 5) is 20.0. The van der Waals surface area contributed by atoms with Crippen molar-refractivity contribution in [1.82, 2.24) is 9.88 Å². The Balaban J connectivity index is 1.35. The lowest BCUT2D eigenvalue weighted by Crippen LogP contribution is -2.36. The van der Waals surface area contributed by atoms with Gasteiger partial charge in [0.15, 0.2) is 0 Å². The molecule has 4 aromatic rings. The highest BCUT2D eigenvalue weighted by Gasteiger charge is 2.31. The second-order valence-corrected chi connectivity index (χ2v) is 9.43. The molecule has 38 heavy (non-hydrogen) atoms. The number of pyridine rings is 1. The van der Waals surface area contributed by atoms with Crippen molar-refractivity contribution in [2.45, 2.75) is 19.7 Å². The number of alkyl halides is 3. The quantitative estimate of drug-likeness (QED) is 0.304. The van der Waals surface area contributed by atoms with Gasteiger partial charge in [-0.1, -0.05) is 42.5 Å². The van der Waals surface area contributed by atoms with Gasteiger partial charge in [0.25, 0.3) is 5.91 Å². The van der Waals surface area contributed by atoms with Gasteiger partial charge in [-0.25, -0.2) is 0 Å². The Hall–Kier alpha value is -3.91. The Bertz CT molecular complexity index is 1430. The molecule has 196 valence electrons. The molecule has 5 rings (SSSR count). The molecule has 1 fully saturated rings. The zero-order valence-electron chi connectivity index (χ0n) is 20.9. The number of halogens is 3. The first-order chi connectivity index (χ1) is 18.3. The molecule has 1 aromatic heterocycles. The number of rotatable bonds is 5. The van der Waals surface area contributed by atoms with Crippen molar-refractivity contribution >= 4 is 16.8 Å². The van der Waals surface area contributed by atoms with Crippen molar-refractivity contribution in [1.29, 1.82) is 0 Å². The smallest absolute Gasteiger partial charge is 0.406 e. The van der Waals surface area contributed by atoms with Crippen LogP contribution in [0.1, 0.15) is 21.5 Å². The van der Waals surface area contributed by atoms with Crippen LogP contribution in [0.5, 0.6) is 5.75 Å². The number of carbonyl (C=O) groups excluding carboxylic acids is 1. The lowest BCUT2D eigenvalue weighted by Gasteiger charge is -2.25. The van der Waals surface area contributed by atoms with E-state index in [0.717, 1.165) is 28.5 Å². The fourth-order valence-electron chi connectivity index (χ4n) is 5.03. The summed E-state index contributed by atoms with van der Waals surface area (Å²) in [5, 5.41) is 1.10. The Labute approximate surface area is 218 Å². The molecular formula is C30H27F3N2O3. The third-order valence-corrected chi connectivity index (χ3v) is 6.83. The molecule has 2 heterocycles. The first-order valence-corrected chi connectivity index (χ1v) is 12.4. The maximum Gasteiger partial charge on any atom is 0.573 e. The molecule has 0 N–H and O–H groups in total. The molecule has 1 aliphatic heterocycles. The molecule has 1 saturated heterocycles. The molecular weight excluding hydrogens is 493 g/mol. The van der Waals surface area contributed by atoms with Gasteiger partial charge in [-0.15, -0.1) is 13.2 Å². The topological polar surface area (TPSA) is 51.7 Å². The van der Waals surface area contributed by atoms with E-state index in [4.69, 9.17) is 4.74 Å². The van der Waals surface area contributed by atoms with Crippen molar-refractivity contribution in [3.63, 3.8) is 0 Å². The monoisotopic (exact) mass is 520 g/mol. The summed E-state index contributed by atoms with van der Waals surface area (Å²) in [6.07, 6.45) is -2.20. The molecule has 0 spiro atoms. The highest BCUT2D eigenvalue weighted by atomic mass is 19.4. The van der Waals surface area contributed by atoms with E-state index in [1.54, 1.807) is 30.5 Å². The highest BCUT2D eigenvalue weighted by molar-refractivity contribution is 5.97. The molecule has 0 bridgehead atoms. The van der Waals surface area contributed by atoms with Gasteiger partial charge in [0.05, 0.1) is 18.7 Å². The lowest BCUT2D eigenvalue weighted by molar-refractivity contribution is -0.274. The fourth-order valence-corrected chi connectivity index (χ4v) is 5.03. The summed E-state index contributed by atoms with van der Waals surface area (Å²) in [6, 6.07) is 21.2. The summed E-state index contributed by atoms with van der Waals surface area (Å²) in [6.45, 7) is 3.92. The molecule has 0 unspecified atom stereocenters. The van der Waals surface area contributed by atoms with E-state index < -0.39 is 6.36 Å². The number of aromatic nitrogens is 1. The molecule has 1 aliphatic rings. The summed E-state index contributed by atoms with van der Waals surface area (Å²) >= 11 is 0. The predicted molar refractivity (Wildman–Crippen MR) is 139 cm³/mol. The molecule has 8 heteroatoms. The third-order valence-electron chi connectivity index (χ3n) is 6.83. The SMILES string of the molecule is Cc1c(C(=O)N2CCOC[C@H](Cc3cccc4ncccc34)C2)cccc1-c1ccc(OC(F)(F)F)cc1. The lowest BCUT2D eigenvalue weighted by atomic mass is 9.94. The van der Waals surface area contributed by atoms with Gasteiger partial charge in [-0.05, 0) is 65.9 Å². The van der Waals surface area contributed by atoms with Crippen molar-refractivity contribution < 1.29 is 27.4 Å². The molecule has 0 aliphatic carbocycles. The van der Waals surface area contributed by atoms with E-state index in [9.17, 15) is 18.0 Å². The zero-order valence-corrected chi connectivity index (χ0v) is 20.9. The fraction of sp³-hybridized carbons (Fsp3) is 0.267. The minimum absolute atomic E-state index is 0.0866. The second kappa shape index (κ2) is 10.8. The molecule has 0 radical (unpaired) electrons. The Morgan fingerprint density at radius 1 is 1.05 bits per heavy atom. The third kappa shape index (κ3) is 5.81. The molecule has 1 atom stereocenters. The van der Waals surface area contributed by atoms with Gasteiger partial charge >= 0.3 is 6.36 Å². The molecule has 5 nitrogen and oxygen atoms in total. The second-order valence-electron chi connectivity index (χ2n) is 9.43. The van der Waals surface area contributed by atoms with Crippen LogP contribution in [-0.4, -0.2) is 48.5 Å². The Morgan fingerprint density at radius 3 is 2.63 bits per heavy atom. The van der Waals surface area contributed by atoms with Gasteiger partial charge in [0.1, 0.15) is 5.75 Å².